The Bertz CT molecular complexity index is 887. The first kappa shape index (κ1) is 16.7. The number of carbonyl (C=O) groups excluding carboxylic acids is 1. The molecule has 0 bridgehead atoms. The van der Waals surface area contributed by atoms with Gasteiger partial charge in [-0.3, -0.25) is 9.69 Å². The smallest absolute Gasteiger partial charge is 0.270 e. The van der Waals surface area contributed by atoms with E-state index in [4.69, 9.17) is 4.74 Å². The molecule has 7 heteroatoms. The first-order valence-corrected chi connectivity index (χ1v) is 8.80. The van der Waals surface area contributed by atoms with Crippen molar-refractivity contribution in [3.63, 3.8) is 0 Å². The van der Waals surface area contributed by atoms with Gasteiger partial charge in [0.05, 0.1) is 18.9 Å². The molecule has 3 aromatic rings. The summed E-state index contributed by atoms with van der Waals surface area (Å²) in [5.41, 5.74) is 2.92. The van der Waals surface area contributed by atoms with Crippen LogP contribution in [0.15, 0.2) is 48.7 Å². The van der Waals surface area contributed by atoms with E-state index in [0.29, 0.717) is 17.9 Å². The van der Waals surface area contributed by atoms with Crippen LogP contribution in [-0.2, 0) is 4.74 Å². The predicted molar refractivity (Wildman–Crippen MR) is 98.0 cm³/mol. The highest BCUT2D eigenvalue weighted by Gasteiger charge is 2.13. The molecule has 1 fully saturated rings. The lowest BCUT2D eigenvalue weighted by Gasteiger charge is -2.26. The molecule has 1 aromatic carbocycles. The zero-order valence-corrected chi connectivity index (χ0v) is 14.5. The molecule has 0 unspecified atom stereocenters. The van der Waals surface area contributed by atoms with Gasteiger partial charge in [0.25, 0.3) is 5.91 Å². The summed E-state index contributed by atoms with van der Waals surface area (Å²) in [6.07, 6.45) is 1.77. The molecule has 1 saturated heterocycles. The fourth-order valence-corrected chi connectivity index (χ4v) is 3.00. The Morgan fingerprint density at radius 2 is 1.96 bits per heavy atom. The van der Waals surface area contributed by atoms with Gasteiger partial charge in [-0.05, 0) is 6.07 Å². The summed E-state index contributed by atoms with van der Waals surface area (Å²) in [5, 5.41) is 7.45. The molecule has 7 nitrogen and oxygen atoms in total. The highest BCUT2D eigenvalue weighted by atomic mass is 16.5. The number of carbonyl (C=O) groups is 1. The van der Waals surface area contributed by atoms with Crippen LogP contribution in [-0.4, -0.2) is 64.8 Å². The van der Waals surface area contributed by atoms with E-state index in [1.165, 1.54) is 0 Å². The number of nitrogens with one attached hydrogen (secondary N) is 1. The van der Waals surface area contributed by atoms with E-state index in [1.807, 2.05) is 36.4 Å². The van der Waals surface area contributed by atoms with Crippen molar-refractivity contribution in [3.05, 3.63) is 54.4 Å². The van der Waals surface area contributed by atoms with Crippen LogP contribution in [0.2, 0.25) is 0 Å². The lowest BCUT2D eigenvalue weighted by atomic mass is 10.2. The van der Waals surface area contributed by atoms with E-state index in [0.717, 1.165) is 44.1 Å². The van der Waals surface area contributed by atoms with Crippen molar-refractivity contribution in [2.45, 2.75) is 0 Å². The first-order valence-electron chi connectivity index (χ1n) is 8.80. The topological polar surface area (TPSA) is 71.8 Å². The Kier molecular flexibility index (Phi) is 4.90. The highest BCUT2D eigenvalue weighted by Crippen LogP contribution is 2.18. The SMILES string of the molecule is O=C(NCCN1CCOCC1)c1ccn2nc(-c3ccccc3)cc2n1. The lowest BCUT2D eigenvalue weighted by Crippen LogP contribution is -2.41. The number of nitrogens with zero attached hydrogens (tertiary/aromatic N) is 4. The summed E-state index contributed by atoms with van der Waals surface area (Å²) in [5.74, 6) is -0.164. The molecular formula is C19H21N5O2. The number of aromatic nitrogens is 3. The van der Waals surface area contributed by atoms with Crippen molar-refractivity contribution in [1.29, 1.82) is 0 Å². The van der Waals surface area contributed by atoms with Crippen molar-refractivity contribution in [1.82, 2.24) is 24.8 Å². The van der Waals surface area contributed by atoms with Crippen molar-refractivity contribution in [2.24, 2.45) is 0 Å². The Morgan fingerprint density at radius 3 is 2.77 bits per heavy atom. The minimum absolute atomic E-state index is 0.164. The molecule has 0 aliphatic carbocycles. The minimum atomic E-state index is -0.164. The van der Waals surface area contributed by atoms with Crippen molar-refractivity contribution >= 4 is 11.6 Å². The molecule has 1 N–H and O–H groups in total. The van der Waals surface area contributed by atoms with Crippen molar-refractivity contribution < 1.29 is 9.53 Å². The predicted octanol–water partition coefficient (Wildman–Crippen LogP) is 1.46. The normalized spacial score (nSPS) is 15.2. The zero-order chi connectivity index (χ0) is 17.8. The average Bonchev–Trinajstić information content (AvgIpc) is 3.13. The number of hydrogen-bond acceptors (Lipinski definition) is 5. The number of benzene rings is 1. The molecule has 0 saturated carbocycles. The molecule has 1 amide bonds. The number of amides is 1. The Morgan fingerprint density at radius 1 is 1.15 bits per heavy atom. The van der Waals surface area contributed by atoms with Gasteiger partial charge in [-0.15, -0.1) is 0 Å². The van der Waals surface area contributed by atoms with Gasteiger partial charge in [0, 0.05) is 44.0 Å². The van der Waals surface area contributed by atoms with Crippen LogP contribution in [0.3, 0.4) is 0 Å². The third kappa shape index (κ3) is 3.74. The molecule has 0 spiro atoms. The summed E-state index contributed by atoms with van der Waals surface area (Å²) < 4.78 is 7.01. The largest absolute Gasteiger partial charge is 0.379 e. The monoisotopic (exact) mass is 351 g/mol. The van der Waals surface area contributed by atoms with Crippen LogP contribution in [0, 0.1) is 0 Å². The zero-order valence-electron chi connectivity index (χ0n) is 14.5. The van der Waals surface area contributed by atoms with Gasteiger partial charge >= 0.3 is 0 Å². The molecular weight excluding hydrogens is 330 g/mol. The molecule has 4 rings (SSSR count). The minimum Gasteiger partial charge on any atom is -0.379 e. The summed E-state index contributed by atoms with van der Waals surface area (Å²) in [6.45, 7) is 4.77. The van der Waals surface area contributed by atoms with Gasteiger partial charge in [0.15, 0.2) is 5.65 Å². The Balaban J connectivity index is 1.42. The second kappa shape index (κ2) is 7.63. The summed E-state index contributed by atoms with van der Waals surface area (Å²) in [7, 11) is 0. The summed E-state index contributed by atoms with van der Waals surface area (Å²) >= 11 is 0. The van der Waals surface area contributed by atoms with Crippen LogP contribution >= 0.6 is 0 Å². The third-order valence-corrected chi connectivity index (χ3v) is 4.44. The number of rotatable bonds is 5. The Hall–Kier alpha value is -2.77. The van der Waals surface area contributed by atoms with Crippen LogP contribution in [0.1, 0.15) is 10.5 Å². The standard InChI is InChI=1S/C19H21N5O2/c25-19(20-7-9-23-10-12-26-13-11-23)16-6-8-24-18(21-16)14-17(22-24)15-4-2-1-3-5-15/h1-6,8,14H,7,9-13H2,(H,20,25). The quantitative estimate of drug-likeness (QED) is 0.753. The van der Waals surface area contributed by atoms with E-state index in [9.17, 15) is 4.79 Å². The molecule has 1 aliphatic heterocycles. The maximum absolute atomic E-state index is 12.4. The van der Waals surface area contributed by atoms with Gasteiger partial charge < -0.3 is 10.1 Å². The molecule has 0 radical (unpaired) electrons. The fraction of sp³-hybridized carbons (Fsp3) is 0.316. The van der Waals surface area contributed by atoms with Gasteiger partial charge in [0.1, 0.15) is 5.69 Å². The second-order valence-electron chi connectivity index (χ2n) is 6.22. The maximum Gasteiger partial charge on any atom is 0.270 e. The van der Waals surface area contributed by atoms with Crippen molar-refractivity contribution in [2.75, 3.05) is 39.4 Å². The molecule has 134 valence electrons. The van der Waals surface area contributed by atoms with Gasteiger partial charge in [-0.2, -0.15) is 5.10 Å². The lowest BCUT2D eigenvalue weighted by molar-refractivity contribution is 0.0383. The van der Waals surface area contributed by atoms with E-state index in [2.05, 4.69) is 20.3 Å². The molecule has 3 heterocycles. The summed E-state index contributed by atoms with van der Waals surface area (Å²) in [6, 6.07) is 13.5. The third-order valence-electron chi connectivity index (χ3n) is 4.44. The van der Waals surface area contributed by atoms with Crippen LogP contribution in [0.5, 0.6) is 0 Å². The maximum atomic E-state index is 12.4. The van der Waals surface area contributed by atoms with E-state index in [1.54, 1.807) is 16.8 Å². The number of fused-ring (bicyclic) bond motifs is 1. The Labute approximate surface area is 151 Å². The van der Waals surface area contributed by atoms with Crippen molar-refractivity contribution in [3.8, 4) is 11.3 Å². The average molecular weight is 351 g/mol. The van der Waals surface area contributed by atoms with E-state index in [-0.39, 0.29) is 5.91 Å². The fourth-order valence-electron chi connectivity index (χ4n) is 3.00. The molecule has 26 heavy (non-hydrogen) atoms. The molecule has 0 atom stereocenters. The number of ether oxygens (including phenoxy) is 1. The van der Waals surface area contributed by atoms with Crippen LogP contribution in [0.25, 0.3) is 16.9 Å². The van der Waals surface area contributed by atoms with Crippen LogP contribution < -0.4 is 5.32 Å². The molecule has 2 aromatic heterocycles. The summed E-state index contributed by atoms with van der Waals surface area (Å²) in [4.78, 5) is 19.1. The van der Waals surface area contributed by atoms with Gasteiger partial charge in [0.2, 0.25) is 0 Å². The van der Waals surface area contributed by atoms with Gasteiger partial charge in [-0.1, -0.05) is 30.3 Å². The number of hydrogen-bond donors (Lipinski definition) is 1. The van der Waals surface area contributed by atoms with Gasteiger partial charge in [-0.25, -0.2) is 9.50 Å². The molecule has 1 aliphatic rings. The first-order chi connectivity index (χ1) is 12.8. The second-order valence-corrected chi connectivity index (χ2v) is 6.22. The van der Waals surface area contributed by atoms with Crippen LogP contribution in [0.4, 0.5) is 0 Å². The van der Waals surface area contributed by atoms with E-state index < -0.39 is 0 Å². The number of morpholine rings is 1. The highest BCUT2D eigenvalue weighted by molar-refractivity contribution is 5.92. The van der Waals surface area contributed by atoms with E-state index >= 15 is 0 Å².